The SMILES string of the molecule is Oc1ccc(CNC2CCC(C(F)(F)F)CC2)c(O)c1. The number of nitrogens with one attached hydrogen (secondary N) is 1. The van der Waals surface area contributed by atoms with E-state index in [0.29, 0.717) is 24.9 Å². The lowest BCUT2D eigenvalue weighted by Crippen LogP contribution is -2.36. The minimum absolute atomic E-state index is 0.0125. The molecule has 0 spiro atoms. The minimum atomic E-state index is -4.08. The Bertz CT molecular complexity index is 454. The largest absolute Gasteiger partial charge is 0.508 e. The number of phenols is 2. The quantitative estimate of drug-likeness (QED) is 0.800. The van der Waals surface area contributed by atoms with E-state index in [4.69, 9.17) is 0 Å². The summed E-state index contributed by atoms with van der Waals surface area (Å²) in [6, 6.07) is 4.36. The molecule has 0 saturated heterocycles. The first-order valence-corrected chi connectivity index (χ1v) is 6.67. The van der Waals surface area contributed by atoms with E-state index in [2.05, 4.69) is 5.32 Å². The highest BCUT2D eigenvalue weighted by Crippen LogP contribution is 2.37. The first-order valence-electron chi connectivity index (χ1n) is 6.67. The number of benzene rings is 1. The standard InChI is InChI=1S/C14H18F3NO2/c15-14(16,17)10-2-4-11(5-3-10)18-8-9-1-6-12(19)7-13(9)20/h1,6-7,10-11,18-20H,2-5,8H2. The second-order valence-corrected chi connectivity index (χ2v) is 5.28. The van der Waals surface area contributed by atoms with Crippen LogP contribution in [0.2, 0.25) is 0 Å². The molecule has 6 heteroatoms. The van der Waals surface area contributed by atoms with E-state index in [0.717, 1.165) is 0 Å². The Morgan fingerprint density at radius 3 is 2.30 bits per heavy atom. The molecule has 112 valence electrons. The van der Waals surface area contributed by atoms with Crippen molar-refractivity contribution >= 4 is 0 Å². The summed E-state index contributed by atoms with van der Waals surface area (Å²) in [5, 5.41) is 22.0. The maximum absolute atomic E-state index is 12.5. The predicted molar refractivity (Wildman–Crippen MR) is 68.4 cm³/mol. The van der Waals surface area contributed by atoms with Gasteiger partial charge in [-0.2, -0.15) is 13.2 Å². The lowest BCUT2D eigenvalue weighted by Gasteiger charge is -2.30. The third-order valence-corrected chi connectivity index (χ3v) is 3.84. The molecule has 3 nitrogen and oxygen atoms in total. The molecule has 1 fully saturated rings. The summed E-state index contributed by atoms with van der Waals surface area (Å²) in [5.41, 5.74) is 0.626. The zero-order chi connectivity index (χ0) is 14.8. The Kier molecular flexibility index (Phi) is 4.42. The van der Waals surface area contributed by atoms with E-state index in [1.165, 1.54) is 12.1 Å². The molecule has 0 amide bonds. The first kappa shape index (κ1) is 15.0. The third-order valence-electron chi connectivity index (χ3n) is 3.84. The van der Waals surface area contributed by atoms with Crippen LogP contribution in [0.25, 0.3) is 0 Å². The number of rotatable bonds is 3. The summed E-state index contributed by atoms with van der Waals surface area (Å²) < 4.78 is 37.6. The number of hydrogen-bond acceptors (Lipinski definition) is 3. The van der Waals surface area contributed by atoms with Crippen molar-refractivity contribution in [2.75, 3.05) is 0 Å². The van der Waals surface area contributed by atoms with Gasteiger partial charge < -0.3 is 15.5 Å². The van der Waals surface area contributed by atoms with Crippen LogP contribution in [-0.2, 0) is 6.54 Å². The van der Waals surface area contributed by atoms with Gasteiger partial charge in [-0.15, -0.1) is 0 Å². The van der Waals surface area contributed by atoms with Crippen molar-refractivity contribution in [1.29, 1.82) is 0 Å². The lowest BCUT2D eigenvalue weighted by atomic mass is 9.85. The highest BCUT2D eigenvalue weighted by Gasteiger charge is 2.41. The molecule has 0 heterocycles. The summed E-state index contributed by atoms with van der Waals surface area (Å²) >= 11 is 0. The van der Waals surface area contributed by atoms with Crippen LogP contribution in [0.5, 0.6) is 11.5 Å². The van der Waals surface area contributed by atoms with E-state index in [-0.39, 0.29) is 30.4 Å². The van der Waals surface area contributed by atoms with Crippen molar-refractivity contribution in [2.24, 2.45) is 5.92 Å². The number of phenolic OH excluding ortho intramolecular Hbond substituents is 2. The average molecular weight is 289 g/mol. The fourth-order valence-corrected chi connectivity index (χ4v) is 2.58. The molecule has 1 saturated carbocycles. The molecule has 1 aliphatic rings. The van der Waals surface area contributed by atoms with Crippen LogP contribution < -0.4 is 5.32 Å². The minimum Gasteiger partial charge on any atom is -0.508 e. The molecule has 0 bridgehead atoms. The Morgan fingerprint density at radius 2 is 1.75 bits per heavy atom. The van der Waals surface area contributed by atoms with Crippen LogP contribution >= 0.6 is 0 Å². The number of halogens is 3. The number of aromatic hydroxyl groups is 2. The predicted octanol–water partition coefficient (Wildman–Crippen LogP) is 3.31. The maximum Gasteiger partial charge on any atom is 0.391 e. The molecule has 2 rings (SSSR count). The van der Waals surface area contributed by atoms with Crippen molar-refractivity contribution in [3.05, 3.63) is 23.8 Å². The average Bonchev–Trinajstić information content (AvgIpc) is 2.37. The van der Waals surface area contributed by atoms with Gasteiger partial charge in [0.2, 0.25) is 0 Å². The van der Waals surface area contributed by atoms with E-state index < -0.39 is 12.1 Å². The van der Waals surface area contributed by atoms with Crippen molar-refractivity contribution in [2.45, 2.75) is 44.4 Å². The summed E-state index contributed by atoms with van der Waals surface area (Å²) in [6.45, 7) is 0.382. The third kappa shape index (κ3) is 3.79. The van der Waals surface area contributed by atoms with Gasteiger partial charge in [0.15, 0.2) is 0 Å². The summed E-state index contributed by atoms with van der Waals surface area (Å²) in [4.78, 5) is 0. The Hall–Kier alpha value is -1.43. The van der Waals surface area contributed by atoms with Gasteiger partial charge in [0.25, 0.3) is 0 Å². The molecule has 20 heavy (non-hydrogen) atoms. The zero-order valence-corrected chi connectivity index (χ0v) is 11.0. The molecule has 1 aromatic carbocycles. The second kappa shape index (κ2) is 5.91. The Labute approximate surface area is 115 Å². The molecule has 0 atom stereocenters. The molecular weight excluding hydrogens is 271 g/mol. The highest BCUT2D eigenvalue weighted by molar-refractivity contribution is 5.38. The van der Waals surface area contributed by atoms with Crippen LogP contribution in [0.1, 0.15) is 31.2 Å². The van der Waals surface area contributed by atoms with Crippen LogP contribution in [0.3, 0.4) is 0 Å². The smallest absolute Gasteiger partial charge is 0.391 e. The molecule has 1 aliphatic carbocycles. The zero-order valence-electron chi connectivity index (χ0n) is 11.0. The fraction of sp³-hybridized carbons (Fsp3) is 0.571. The highest BCUT2D eigenvalue weighted by atomic mass is 19.4. The van der Waals surface area contributed by atoms with Gasteiger partial charge in [0.05, 0.1) is 5.92 Å². The van der Waals surface area contributed by atoms with Crippen molar-refractivity contribution in [3.8, 4) is 11.5 Å². The molecule has 1 aromatic rings. The molecule has 0 aromatic heterocycles. The van der Waals surface area contributed by atoms with Gasteiger partial charge in [-0.25, -0.2) is 0 Å². The van der Waals surface area contributed by atoms with Crippen molar-refractivity contribution < 1.29 is 23.4 Å². The normalized spacial score (nSPS) is 23.8. The Morgan fingerprint density at radius 1 is 1.10 bits per heavy atom. The van der Waals surface area contributed by atoms with E-state index >= 15 is 0 Å². The lowest BCUT2D eigenvalue weighted by molar-refractivity contribution is -0.182. The molecule has 0 aliphatic heterocycles. The first-order chi connectivity index (χ1) is 9.36. The molecular formula is C14H18F3NO2. The fourth-order valence-electron chi connectivity index (χ4n) is 2.58. The van der Waals surface area contributed by atoms with E-state index in [1.807, 2.05) is 0 Å². The second-order valence-electron chi connectivity index (χ2n) is 5.28. The number of hydrogen-bond donors (Lipinski definition) is 3. The topological polar surface area (TPSA) is 52.5 Å². The molecule has 0 unspecified atom stereocenters. The van der Waals surface area contributed by atoms with Crippen molar-refractivity contribution in [3.63, 3.8) is 0 Å². The van der Waals surface area contributed by atoms with Gasteiger partial charge in [0.1, 0.15) is 11.5 Å². The van der Waals surface area contributed by atoms with Crippen LogP contribution in [0, 0.1) is 5.92 Å². The summed E-state index contributed by atoms with van der Waals surface area (Å²) in [5.74, 6) is -1.21. The summed E-state index contributed by atoms with van der Waals surface area (Å²) in [7, 11) is 0. The van der Waals surface area contributed by atoms with Crippen molar-refractivity contribution in [1.82, 2.24) is 5.32 Å². The Balaban J connectivity index is 1.82. The van der Waals surface area contributed by atoms with Crippen LogP contribution in [0.15, 0.2) is 18.2 Å². The summed E-state index contributed by atoms with van der Waals surface area (Å²) in [6.07, 6.45) is -2.79. The van der Waals surface area contributed by atoms with E-state index in [9.17, 15) is 23.4 Å². The van der Waals surface area contributed by atoms with E-state index in [1.54, 1.807) is 6.07 Å². The monoisotopic (exact) mass is 289 g/mol. The molecule has 0 radical (unpaired) electrons. The van der Waals surface area contributed by atoms with Gasteiger partial charge in [-0.1, -0.05) is 6.07 Å². The van der Waals surface area contributed by atoms with Crippen LogP contribution in [0.4, 0.5) is 13.2 Å². The van der Waals surface area contributed by atoms with Gasteiger partial charge >= 0.3 is 6.18 Å². The number of alkyl halides is 3. The van der Waals surface area contributed by atoms with Gasteiger partial charge in [0, 0.05) is 24.2 Å². The maximum atomic E-state index is 12.5. The van der Waals surface area contributed by atoms with Gasteiger partial charge in [-0.05, 0) is 31.7 Å². The van der Waals surface area contributed by atoms with Gasteiger partial charge in [-0.3, -0.25) is 0 Å². The molecule has 3 N–H and O–H groups in total. The van der Waals surface area contributed by atoms with Crippen LogP contribution in [-0.4, -0.2) is 22.4 Å².